The summed E-state index contributed by atoms with van der Waals surface area (Å²) in [5.41, 5.74) is 15.8. The number of hydrogen-bond acceptors (Lipinski definition) is 13. The number of aliphatic hydroxyl groups is 2. The van der Waals surface area contributed by atoms with Gasteiger partial charge in [0, 0.05) is 6.42 Å². The zero-order valence-corrected chi connectivity index (χ0v) is 25.5. The predicted molar refractivity (Wildman–Crippen MR) is 157 cm³/mol. The number of carbonyl (C=O) groups excluding carboxylic acids is 7. The van der Waals surface area contributed by atoms with Gasteiger partial charge in [0.1, 0.15) is 30.2 Å². The van der Waals surface area contributed by atoms with Crippen LogP contribution < -0.4 is 43.8 Å². The predicted octanol–water partition coefficient (Wildman–Crippen LogP) is -6.82. The third-order valence-electron chi connectivity index (χ3n) is 5.94. The highest BCUT2D eigenvalue weighted by Gasteiger charge is 2.34. The van der Waals surface area contributed by atoms with Gasteiger partial charge in [0.2, 0.25) is 41.4 Å². The van der Waals surface area contributed by atoms with Crippen LogP contribution in [0.5, 0.6) is 0 Å². The topological polar surface area (TPSA) is 373 Å². The number of hydrogen-bond donors (Lipinski definition) is 12. The third kappa shape index (κ3) is 16.0. The lowest BCUT2D eigenvalue weighted by atomic mass is 10.1. The van der Waals surface area contributed by atoms with E-state index in [0.29, 0.717) is 5.75 Å². The van der Waals surface area contributed by atoms with Crippen molar-refractivity contribution in [1.82, 2.24) is 26.6 Å². The zero-order valence-electron chi connectivity index (χ0n) is 24.7. The number of carboxylic acids is 2. The molecule has 15 N–H and O–H groups in total. The molecule has 0 heterocycles. The number of thioether (sulfide) groups is 1. The molecule has 0 aromatic carbocycles. The van der Waals surface area contributed by atoms with Crippen LogP contribution in [0.15, 0.2) is 0 Å². The molecular weight excluding hydrogens is 640 g/mol. The second-order valence-electron chi connectivity index (χ2n) is 9.67. The summed E-state index contributed by atoms with van der Waals surface area (Å²) in [4.78, 5) is 109. The molecule has 0 aromatic heterocycles. The average molecular weight is 681 g/mol. The van der Waals surface area contributed by atoms with Crippen molar-refractivity contribution < 1.29 is 63.6 Å². The van der Waals surface area contributed by atoms with E-state index < -0.39 is 128 Å². The van der Waals surface area contributed by atoms with Crippen molar-refractivity contribution in [3.8, 4) is 0 Å². The van der Waals surface area contributed by atoms with E-state index in [0.717, 1.165) is 0 Å². The average Bonchev–Trinajstić information content (AvgIpc) is 2.97. The van der Waals surface area contributed by atoms with Gasteiger partial charge in [-0.1, -0.05) is 0 Å². The molecule has 0 spiro atoms. The van der Waals surface area contributed by atoms with Gasteiger partial charge in [-0.25, -0.2) is 4.79 Å². The van der Waals surface area contributed by atoms with Crippen LogP contribution in [0.25, 0.3) is 0 Å². The van der Waals surface area contributed by atoms with Gasteiger partial charge < -0.3 is 64.2 Å². The van der Waals surface area contributed by atoms with Gasteiger partial charge in [0.05, 0.1) is 32.1 Å². The minimum absolute atomic E-state index is 0.235. The molecule has 0 bridgehead atoms. The molecule has 0 saturated carbocycles. The van der Waals surface area contributed by atoms with E-state index in [1.807, 2.05) is 21.3 Å². The molecule has 21 nitrogen and oxygen atoms in total. The van der Waals surface area contributed by atoms with Crippen molar-refractivity contribution >= 4 is 65.1 Å². The SMILES string of the molecule is CSCC[C@H](N)C(=O)N[C@@H](CO)C(=O)N[C@@H](CC(=O)O)C(=O)N[C@@H](CO)C(=O)N[C@@H](CC(N)=O)C(=O)N[C@@H](CCC(N)=O)C(=O)O. The number of primary amides is 2. The Morgan fingerprint density at radius 3 is 1.41 bits per heavy atom. The molecule has 0 aliphatic carbocycles. The Morgan fingerprint density at radius 2 is 1.02 bits per heavy atom. The molecule has 7 amide bonds. The maximum atomic E-state index is 12.9. The molecule has 6 atom stereocenters. The summed E-state index contributed by atoms with van der Waals surface area (Å²) in [5, 5.41) is 48.0. The summed E-state index contributed by atoms with van der Waals surface area (Å²) in [7, 11) is 0. The number of carboxylic acid groups (broad SMARTS) is 2. The van der Waals surface area contributed by atoms with Crippen LogP contribution in [-0.2, 0) is 43.2 Å². The molecule has 46 heavy (non-hydrogen) atoms. The van der Waals surface area contributed by atoms with E-state index in [9.17, 15) is 63.6 Å². The summed E-state index contributed by atoms with van der Waals surface area (Å²) in [5.74, 6) is -10.6. The van der Waals surface area contributed by atoms with Crippen LogP contribution in [0.2, 0.25) is 0 Å². The summed E-state index contributed by atoms with van der Waals surface area (Å²) in [6.45, 7) is -2.12. The van der Waals surface area contributed by atoms with Crippen molar-refractivity contribution in [3.63, 3.8) is 0 Å². The zero-order chi connectivity index (χ0) is 35.6. The highest BCUT2D eigenvalue weighted by Crippen LogP contribution is 2.03. The number of carbonyl (C=O) groups is 9. The summed E-state index contributed by atoms with van der Waals surface area (Å²) in [6.07, 6.45) is -0.807. The van der Waals surface area contributed by atoms with Gasteiger partial charge in [-0.3, -0.25) is 38.4 Å². The maximum absolute atomic E-state index is 12.9. The molecule has 0 saturated heterocycles. The molecular formula is C24H40N8O13S. The number of nitrogens with two attached hydrogens (primary N) is 3. The Morgan fingerprint density at radius 1 is 0.609 bits per heavy atom. The van der Waals surface area contributed by atoms with Crippen LogP contribution in [0.1, 0.15) is 32.1 Å². The molecule has 0 radical (unpaired) electrons. The largest absolute Gasteiger partial charge is 0.481 e. The lowest BCUT2D eigenvalue weighted by Crippen LogP contribution is -2.61. The van der Waals surface area contributed by atoms with Crippen LogP contribution in [-0.4, -0.2) is 135 Å². The van der Waals surface area contributed by atoms with Crippen molar-refractivity contribution in [3.05, 3.63) is 0 Å². The van der Waals surface area contributed by atoms with Gasteiger partial charge in [-0.05, 0) is 24.9 Å². The first-order valence-electron chi connectivity index (χ1n) is 13.5. The molecule has 0 unspecified atom stereocenters. The Hall–Kier alpha value is -4.54. The number of aliphatic carboxylic acids is 2. The lowest BCUT2D eigenvalue weighted by Gasteiger charge is -2.25. The molecule has 0 aliphatic heterocycles. The van der Waals surface area contributed by atoms with Gasteiger partial charge in [-0.2, -0.15) is 11.8 Å². The van der Waals surface area contributed by atoms with Gasteiger partial charge in [0.25, 0.3) is 0 Å². The van der Waals surface area contributed by atoms with E-state index in [4.69, 9.17) is 17.2 Å². The Kier molecular flexibility index (Phi) is 19.1. The molecule has 260 valence electrons. The van der Waals surface area contributed by atoms with Crippen LogP contribution in [0.3, 0.4) is 0 Å². The molecule has 0 aromatic rings. The number of amides is 7. The molecule has 0 rings (SSSR count). The van der Waals surface area contributed by atoms with Crippen molar-refractivity contribution in [2.75, 3.05) is 25.2 Å². The van der Waals surface area contributed by atoms with E-state index in [1.54, 1.807) is 6.26 Å². The van der Waals surface area contributed by atoms with Gasteiger partial charge in [0.15, 0.2) is 0 Å². The fraction of sp³-hybridized carbons (Fsp3) is 0.625. The van der Waals surface area contributed by atoms with Crippen LogP contribution in [0.4, 0.5) is 0 Å². The number of rotatable bonds is 23. The molecule has 0 aliphatic rings. The minimum atomic E-state index is -1.92. The van der Waals surface area contributed by atoms with Gasteiger partial charge in [-0.15, -0.1) is 0 Å². The van der Waals surface area contributed by atoms with Gasteiger partial charge >= 0.3 is 11.9 Å². The lowest BCUT2D eigenvalue weighted by molar-refractivity contribution is -0.142. The highest BCUT2D eigenvalue weighted by molar-refractivity contribution is 7.98. The maximum Gasteiger partial charge on any atom is 0.326 e. The Bertz CT molecular complexity index is 1140. The van der Waals surface area contributed by atoms with E-state index in [2.05, 4.69) is 5.32 Å². The normalized spacial score (nSPS) is 14.6. The monoisotopic (exact) mass is 680 g/mol. The summed E-state index contributed by atoms with van der Waals surface area (Å²) >= 11 is 1.41. The Labute approximate surface area is 266 Å². The quantitative estimate of drug-likeness (QED) is 0.0477. The van der Waals surface area contributed by atoms with Crippen molar-refractivity contribution in [2.24, 2.45) is 17.2 Å². The van der Waals surface area contributed by atoms with Crippen molar-refractivity contribution in [1.29, 1.82) is 0 Å². The summed E-state index contributed by atoms with van der Waals surface area (Å²) < 4.78 is 0. The minimum Gasteiger partial charge on any atom is -0.481 e. The second kappa shape index (κ2) is 21.2. The number of nitrogens with one attached hydrogen (secondary N) is 5. The smallest absolute Gasteiger partial charge is 0.326 e. The van der Waals surface area contributed by atoms with E-state index >= 15 is 0 Å². The summed E-state index contributed by atoms with van der Waals surface area (Å²) in [6, 6.07) is -10.0. The third-order valence-corrected chi connectivity index (χ3v) is 6.59. The van der Waals surface area contributed by atoms with Crippen LogP contribution in [0, 0.1) is 0 Å². The first kappa shape index (κ1) is 41.5. The first-order valence-corrected chi connectivity index (χ1v) is 14.9. The van der Waals surface area contributed by atoms with E-state index in [1.165, 1.54) is 11.8 Å². The first-order chi connectivity index (χ1) is 21.5. The highest BCUT2D eigenvalue weighted by atomic mass is 32.2. The Balaban J connectivity index is 5.73. The molecule has 0 fully saturated rings. The van der Waals surface area contributed by atoms with Crippen molar-refractivity contribution in [2.45, 2.75) is 68.4 Å². The molecule has 22 heteroatoms. The second-order valence-corrected chi connectivity index (χ2v) is 10.7. The van der Waals surface area contributed by atoms with E-state index in [-0.39, 0.29) is 6.42 Å². The fourth-order valence-corrected chi connectivity index (χ4v) is 3.96. The fourth-order valence-electron chi connectivity index (χ4n) is 3.47. The number of aliphatic hydroxyl groups excluding tert-OH is 2. The standard InChI is InChI=1S/C24H40N8O13S/c1-46-5-4-10(25)19(39)31-14(8-33)22(42)30-13(7-18(37)38)21(41)32-15(9-34)23(43)29-12(6-17(27)36)20(40)28-11(24(44)45)2-3-16(26)35/h10-15,33-34H,2-9,25H2,1H3,(H2,26,35)(H2,27,36)(H,28,40)(H,29,43)(H,30,42)(H,31,39)(H,32,41)(H,37,38)(H,44,45)/t10-,11-,12-,13-,14-,15-/m0/s1. The van der Waals surface area contributed by atoms with Crippen LogP contribution >= 0.6 is 11.8 Å².